The SMILES string of the molecule is CN(C)c1ccc(C(CNC(=O)c2ccc(F)c(F)c2)N2CCN(c3ccc(F)cc3)CC2)cc1. The van der Waals surface area contributed by atoms with Crippen LogP contribution in [0.1, 0.15) is 22.0 Å². The summed E-state index contributed by atoms with van der Waals surface area (Å²) in [6.45, 7) is 3.33. The van der Waals surface area contributed by atoms with Gasteiger partial charge in [-0.3, -0.25) is 9.69 Å². The van der Waals surface area contributed by atoms with Gasteiger partial charge in [0.25, 0.3) is 5.91 Å². The van der Waals surface area contributed by atoms with Crippen LogP contribution in [0.4, 0.5) is 24.5 Å². The first-order valence-corrected chi connectivity index (χ1v) is 11.6. The van der Waals surface area contributed by atoms with Crippen molar-refractivity contribution < 1.29 is 18.0 Å². The molecule has 5 nitrogen and oxygen atoms in total. The topological polar surface area (TPSA) is 38.8 Å². The van der Waals surface area contributed by atoms with Gasteiger partial charge in [0.2, 0.25) is 0 Å². The Bertz CT molecular complexity index is 1140. The lowest BCUT2D eigenvalue weighted by atomic mass is 10.0. The van der Waals surface area contributed by atoms with Crippen molar-refractivity contribution in [3.63, 3.8) is 0 Å². The van der Waals surface area contributed by atoms with Gasteiger partial charge in [-0.05, 0) is 60.2 Å². The fraction of sp³-hybridized carbons (Fsp3) is 0.296. The summed E-state index contributed by atoms with van der Waals surface area (Å²) in [6, 6.07) is 17.7. The molecular formula is C27H29F3N4O. The number of halogens is 3. The third-order valence-corrected chi connectivity index (χ3v) is 6.38. The quantitative estimate of drug-likeness (QED) is 0.540. The number of amides is 1. The second-order valence-corrected chi connectivity index (χ2v) is 8.84. The van der Waals surface area contributed by atoms with Gasteiger partial charge in [0.1, 0.15) is 5.82 Å². The molecule has 0 bridgehead atoms. The summed E-state index contributed by atoms with van der Waals surface area (Å²) >= 11 is 0. The third-order valence-electron chi connectivity index (χ3n) is 6.38. The second-order valence-electron chi connectivity index (χ2n) is 8.84. The van der Waals surface area contributed by atoms with E-state index < -0.39 is 17.5 Å². The number of carbonyl (C=O) groups excluding carboxylic acids is 1. The summed E-state index contributed by atoms with van der Waals surface area (Å²) in [5, 5.41) is 2.89. The van der Waals surface area contributed by atoms with Crippen molar-refractivity contribution >= 4 is 17.3 Å². The van der Waals surface area contributed by atoms with Crippen LogP contribution in [0.3, 0.4) is 0 Å². The van der Waals surface area contributed by atoms with Crippen LogP contribution in [-0.2, 0) is 0 Å². The molecule has 1 aliphatic rings. The van der Waals surface area contributed by atoms with E-state index in [-0.39, 0.29) is 17.4 Å². The van der Waals surface area contributed by atoms with E-state index in [1.807, 2.05) is 31.1 Å². The zero-order valence-electron chi connectivity index (χ0n) is 19.8. The molecule has 0 saturated carbocycles. The minimum Gasteiger partial charge on any atom is -0.378 e. The highest BCUT2D eigenvalue weighted by Crippen LogP contribution is 2.26. The van der Waals surface area contributed by atoms with Crippen LogP contribution >= 0.6 is 0 Å². The molecule has 1 aliphatic heterocycles. The fourth-order valence-electron chi connectivity index (χ4n) is 4.32. The minimum absolute atomic E-state index is 0.0757. The summed E-state index contributed by atoms with van der Waals surface area (Å²) in [4.78, 5) is 19.2. The molecule has 0 spiro atoms. The molecule has 4 rings (SSSR count). The van der Waals surface area contributed by atoms with Crippen molar-refractivity contribution in [3.05, 3.63) is 95.3 Å². The molecular weight excluding hydrogens is 453 g/mol. The number of hydrogen-bond acceptors (Lipinski definition) is 4. The molecule has 0 aliphatic carbocycles. The molecule has 184 valence electrons. The van der Waals surface area contributed by atoms with Crippen molar-refractivity contribution in [3.8, 4) is 0 Å². The smallest absolute Gasteiger partial charge is 0.251 e. The molecule has 3 aromatic carbocycles. The van der Waals surface area contributed by atoms with Crippen molar-refractivity contribution in [1.29, 1.82) is 0 Å². The van der Waals surface area contributed by atoms with E-state index in [9.17, 15) is 18.0 Å². The van der Waals surface area contributed by atoms with Crippen LogP contribution in [0.15, 0.2) is 66.7 Å². The molecule has 0 aromatic heterocycles. The summed E-state index contributed by atoms with van der Waals surface area (Å²) in [5.41, 5.74) is 3.17. The zero-order valence-corrected chi connectivity index (χ0v) is 19.8. The molecule has 3 aromatic rings. The largest absolute Gasteiger partial charge is 0.378 e. The van der Waals surface area contributed by atoms with Crippen molar-refractivity contribution in [1.82, 2.24) is 10.2 Å². The maximum Gasteiger partial charge on any atom is 0.251 e. The van der Waals surface area contributed by atoms with E-state index >= 15 is 0 Å². The Kier molecular flexibility index (Phi) is 7.60. The number of hydrogen-bond donors (Lipinski definition) is 1. The lowest BCUT2D eigenvalue weighted by molar-refractivity contribution is 0.0929. The van der Waals surface area contributed by atoms with Crippen molar-refractivity contribution in [2.45, 2.75) is 6.04 Å². The summed E-state index contributed by atoms with van der Waals surface area (Å²) in [6.07, 6.45) is 0. The normalized spacial score (nSPS) is 15.1. The Balaban J connectivity index is 1.48. The number of carbonyl (C=O) groups is 1. The maximum atomic E-state index is 13.6. The first kappa shape index (κ1) is 24.6. The van der Waals surface area contributed by atoms with Gasteiger partial charge in [-0.1, -0.05) is 12.1 Å². The first-order chi connectivity index (χ1) is 16.8. The molecule has 1 amide bonds. The van der Waals surface area contributed by atoms with E-state index in [4.69, 9.17) is 0 Å². The highest BCUT2D eigenvalue weighted by Gasteiger charge is 2.26. The van der Waals surface area contributed by atoms with E-state index in [0.29, 0.717) is 6.54 Å². The van der Waals surface area contributed by atoms with E-state index in [0.717, 1.165) is 55.2 Å². The van der Waals surface area contributed by atoms with Gasteiger partial charge in [-0.15, -0.1) is 0 Å². The van der Waals surface area contributed by atoms with Gasteiger partial charge in [0.05, 0.1) is 6.04 Å². The Morgan fingerprint density at radius 2 is 1.54 bits per heavy atom. The average Bonchev–Trinajstić information content (AvgIpc) is 2.87. The van der Waals surface area contributed by atoms with Gasteiger partial charge in [0.15, 0.2) is 11.6 Å². The minimum atomic E-state index is -1.05. The molecule has 35 heavy (non-hydrogen) atoms. The van der Waals surface area contributed by atoms with Crippen LogP contribution in [0.2, 0.25) is 0 Å². The monoisotopic (exact) mass is 482 g/mol. The predicted molar refractivity (Wildman–Crippen MR) is 132 cm³/mol. The highest BCUT2D eigenvalue weighted by atomic mass is 19.2. The molecule has 1 atom stereocenters. The number of nitrogens with one attached hydrogen (secondary N) is 1. The molecule has 8 heteroatoms. The van der Waals surface area contributed by atoms with Gasteiger partial charge in [-0.2, -0.15) is 0 Å². The van der Waals surface area contributed by atoms with Crippen LogP contribution in [-0.4, -0.2) is 57.6 Å². The summed E-state index contributed by atoms with van der Waals surface area (Å²) in [7, 11) is 3.95. The third kappa shape index (κ3) is 5.95. The Hall–Kier alpha value is -3.52. The number of anilines is 2. The van der Waals surface area contributed by atoms with Crippen LogP contribution in [0.5, 0.6) is 0 Å². The first-order valence-electron chi connectivity index (χ1n) is 11.6. The second kappa shape index (κ2) is 10.8. The van der Waals surface area contributed by atoms with E-state index in [1.165, 1.54) is 18.2 Å². The van der Waals surface area contributed by atoms with Gasteiger partial charge >= 0.3 is 0 Å². The number of rotatable bonds is 7. The Labute approximate surface area is 203 Å². The van der Waals surface area contributed by atoms with Crippen molar-refractivity contribution in [2.75, 3.05) is 56.6 Å². The standard InChI is InChI=1S/C27H29F3N4O/c1-32(2)22-8-3-19(4-9-22)26(18-31-27(35)20-5-12-24(29)25(30)17-20)34-15-13-33(14-16-34)23-10-6-21(28)7-11-23/h3-12,17,26H,13-16,18H2,1-2H3,(H,31,35). The lowest BCUT2D eigenvalue weighted by Gasteiger charge is -2.40. The summed E-state index contributed by atoms with van der Waals surface area (Å²) in [5.74, 6) is -2.75. The van der Waals surface area contributed by atoms with Crippen LogP contribution < -0.4 is 15.1 Å². The number of nitrogens with zero attached hydrogens (tertiary/aromatic N) is 3. The molecule has 1 saturated heterocycles. The molecule has 1 unspecified atom stereocenters. The predicted octanol–water partition coefficient (Wildman–Crippen LogP) is 4.46. The Morgan fingerprint density at radius 3 is 2.14 bits per heavy atom. The van der Waals surface area contributed by atoms with Gasteiger partial charge in [0, 0.05) is 63.8 Å². The average molecular weight is 483 g/mol. The summed E-state index contributed by atoms with van der Waals surface area (Å²) < 4.78 is 40.2. The number of piperazine rings is 1. The zero-order chi connectivity index (χ0) is 24.9. The molecule has 1 N–H and O–H groups in total. The van der Waals surface area contributed by atoms with E-state index in [2.05, 4.69) is 27.2 Å². The molecule has 0 radical (unpaired) electrons. The van der Waals surface area contributed by atoms with Crippen molar-refractivity contribution in [2.24, 2.45) is 0 Å². The Morgan fingerprint density at radius 1 is 0.886 bits per heavy atom. The van der Waals surface area contributed by atoms with Gasteiger partial charge < -0.3 is 15.1 Å². The van der Waals surface area contributed by atoms with E-state index in [1.54, 1.807) is 12.1 Å². The van der Waals surface area contributed by atoms with Gasteiger partial charge in [-0.25, -0.2) is 13.2 Å². The maximum absolute atomic E-state index is 13.6. The lowest BCUT2D eigenvalue weighted by Crippen LogP contribution is -2.50. The van der Waals surface area contributed by atoms with Crippen LogP contribution in [0, 0.1) is 17.5 Å². The molecule has 1 fully saturated rings. The highest BCUT2D eigenvalue weighted by molar-refractivity contribution is 5.94. The fourth-order valence-corrected chi connectivity index (χ4v) is 4.32. The number of benzene rings is 3. The van der Waals surface area contributed by atoms with Crippen LogP contribution in [0.25, 0.3) is 0 Å². The molecule has 1 heterocycles.